The summed E-state index contributed by atoms with van der Waals surface area (Å²) >= 11 is 1.36. The number of ether oxygens (including phenoxy) is 2. The molecule has 0 radical (unpaired) electrons. The molecule has 1 aliphatic rings. The van der Waals surface area contributed by atoms with Crippen LogP contribution in [0.1, 0.15) is 9.67 Å². The molecular formula is C11H16N2O3S. The standard InChI is InChI=1S/C11H16N2O3S/c1-15-8-5-13(6-9(8)16-2)11(14)10-7(12)3-4-17-10/h3-4,8-9H,5-6,12H2,1-2H3. The van der Waals surface area contributed by atoms with Gasteiger partial charge in [0.25, 0.3) is 5.91 Å². The second-order valence-electron chi connectivity index (χ2n) is 3.96. The molecular weight excluding hydrogens is 240 g/mol. The monoisotopic (exact) mass is 256 g/mol. The number of carbonyl (C=O) groups is 1. The fraction of sp³-hybridized carbons (Fsp3) is 0.545. The molecule has 1 saturated heterocycles. The van der Waals surface area contributed by atoms with E-state index in [9.17, 15) is 4.79 Å². The topological polar surface area (TPSA) is 64.8 Å². The summed E-state index contributed by atoms with van der Waals surface area (Å²) < 4.78 is 10.6. The third-order valence-electron chi connectivity index (χ3n) is 3.00. The number of likely N-dealkylation sites (tertiary alicyclic amines) is 1. The van der Waals surface area contributed by atoms with Gasteiger partial charge in [-0.25, -0.2) is 0 Å². The van der Waals surface area contributed by atoms with Gasteiger partial charge in [-0.3, -0.25) is 4.79 Å². The average Bonchev–Trinajstić information content (AvgIpc) is 2.93. The molecule has 2 unspecified atom stereocenters. The van der Waals surface area contributed by atoms with Gasteiger partial charge < -0.3 is 20.1 Å². The van der Waals surface area contributed by atoms with Crippen LogP contribution in [-0.4, -0.2) is 50.3 Å². The quantitative estimate of drug-likeness (QED) is 0.869. The van der Waals surface area contributed by atoms with Gasteiger partial charge in [0.2, 0.25) is 0 Å². The van der Waals surface area contributed by atoms with E-state index in [0.717, 1.165) is 0 Å². The molecule has 2 N–H and O–H groups in total. The Kier molecular flexibility index (Phi) is 3.66. The van der Waals surface area contributed by atoms with Crippen LogP contribution in [0, 0.1) is 0 Å². The van der Waals surface area contributed by atoms with E-state index >= 15 is 0 Å². The van der Waals surface area contributed by atoms with Crippen LogP contribution in [0.4, 0.5) is 5.69 Å². The Labute approximate surface area is 104 Å². The number of thiophene rings is 1. The van der Waals surface area contributed by atoms with E-state index in [0.29, 0.717) is 23.7 Å². The van der Waals surface area contributed by atoms with Gasteiger partial charge in [0.15, 0.2) is 0 Å². The number of hydrogen-bond donors (Lipinski definition) is 1. The van der Waals surface area contributed by atoms with Gasteiger partial charge in [-0.15, -0.1) is 11.3 Å². The number of carbonyl (C=O) groups excluding carboxylic acids is 1. The molecule has 0 saturated carbocycles. The lowest BCUT2D eigenvalue weighted by Crippen LogP contribution is -2.29. The smallest absolute Gasteiger partial charge is 0.266 e. The van der Waals surface area contributed by atoms with Gasteiger partial charge in [-0.2, -0.15) is 0 Å². The zero-order valence-corrected chi connectivity index (χ0v) is 10.7. The molecule has 1 fully saturated rings. The van der Waals surface area contributed by atoms with Crippen molar-refractivity contribution in [2.24, 2.45) is 0 Å². The largest absolute Gasteiger partial charge is 0.397 e. The summed E-state index contributed by atoms with van der Waals surface area (Å²) in [7, 11) is 3.26. The molecule has 0 bridgehead atoms. The number of rotatable bonds is 3. The molecule has 1 aromatic rings. The molecule has 0 aliphatic carbocycles. The molecule has 5 nitrogen and oxygen atoms in total. The summed E-state index contributed by atoms with van der Waals surface area (Å²) in [6.07, 6.45) is -0.129. The Balaban J connectivity index is 2.10. The van der Waals surface area contributed by atoms with Gasteiger partial charge >= 0.3 is 0 Å². The van der Waals surface area contributed by atoms with E-state index in [-0.39, 0.29) is 18.1 Å². The lowest BCUT2D eigenvalue weighted by Gasteiger charge is -2.14. The maximum atomic E-state index is 12.2. The highest BCUT2D eigenvalue weighted by atomic mass is 32.1. The minimum atomic E-state index is -0.0647. The molecule has 1 aliphatic heterocycles. The SMILES string of the molecule is COC1CN(C(=O)c2sccc2N)CC1OC. The first-order valence-corrected chi connectivity index (χ1v) is 6.23. The highest BCUT2D eigenvalue weighted by molar-refractivity contribution is 7.12. The highest BCUT2D eigenvalue weighted by Gasteiger charge is 2.36. The van der Waals surface area contributed by atoms with Crippen molar-refractivity contribution in [2.45, 2.75) is 12.2 Å². The minimum absolute atomic E-state index is 0.0425. The third kappa shape index (κ3) is 2.29. The Morgan fingerprint density at radius 2 is 2.00 bits per heavy atom. The van der Waals surface area contributed by atoms with Gasteiger partial charge in [-0.05, 0) is 11.4 Å². The van der Waals surface area contributed by atoms with E-state index in [1.807, 2.05) is 5.38 Å². The Morgan fingerprint density at radius 1 is 1.41 bits per heavy atom. The van der Waals surface area contributed by atoms with Crippen LogP contribution in [0.2, 0.25) is 0 Å². The van der Waals surface area contributed by atoms with Crippen molar-refractivity contribution in [3.05, 3.63) is 16.3 Å². The molecule has 94 valence electrons. The van der Waals surface area contributed by atoms with E-state index in [4.69, 9.17) is 15.2 Å². The van der Waals surface area contributed by atoms with Crippen molar-refractivity contribution >= 4 is 22.9 Å². The number of nitrogen functional groups attached to an aromatic ring is 1. The predicted molar refractivity (Wildman–Crippen MR) is 66.2 cm³/mol. The van der Waals surface area contributed by atoms with Gasteiger partial charge in [0.1, 0.15) is 17.1 Å². The van der Waals surface area contributed by atoms with E-state index in [2.05, 4.69) is 0 Å². The van der Waals surface area contributed by atoms with Crippen LogP contribution in [-0.2, 0) is 9.47 Å². The summed E-state index contributed by atoms with van der Waals surface area (Å²) in [5.74, 6) is -0.0425. The zero-order chi connectivity index (χ0) is 12.4. The molecule has 0 aromatic carbocycles. The van der Waals surface area contributed by atoms with E-state index < -0.39 is 0 Å². The maximum absolute atomic E-state index is 12.2. The van der Waals surface area contributed by atoms with Crippen molar-refractivity contribution in [3.8, 4) is 0 Å². The summed E-state index contributed by atoms with van der Waals surface area (Å²) in [5, 5.41) is 1.82. The van der Waals surface area contributed by atoms with Crippen molar-refractivity contribution in [3.63, 3.8) is 0 Å². The van der Waals surface area contributed by atoms with Crippen LogP contribution < -0.4 is 5.73 Å². The second kappa shape index (κ2) is 5.03. The first-order valence-electron chi connectivity index (χ1n) is 5.35. The molecule has 2 atom stereocenters. The zero-order valence-electron chi connectivity index (χ0n) is 9.88. The van der Waals surface area contributed by atoms with Crippen LogP contribution in [0.5, 0.6) is 0 Å². The van der Waals surface area contributed by atoms with Crippen LogP contribution in [0.25, 0.3) is 0 Å². The van der Waals surface area contributed by atoms with E-state index in [1.165, 1.54) is 11.3 Å². The van der Waals surface area contributed by atoms with E-state index in [1.54, 1.807) is 25.2 Å². The van der Waals surface area contributed by atoms with Crippen LogP contribution >= 0.6 is 11.3 Å². The van der Waals surface area contributed by atoms with Crippen molar-refractivity contribution in [1.82, 2.24) is 4.90 Å². The predicted octanol–water partition coefficient (Wildman–Crippen LogP) is 0.816. The lowest BCUT2D eigenvalue weighted by molar-refractivity contribution is -0.00461. The summed E-state index contributed by atoms with van der Waals surface area (Å²) in [4.78, 5) is 14.5. The molecule has 1 aromatic heterocycles. The summed E-state index contributed by atoms with van der Waals surface area (Å²) in [5.41, 5.74) is 6.28. The lowest BCUT2D eigenvalue weighted by atomic mass is 10.3. The maximum Gasteiger partial charge on any atom is 0.266 e. The van der Waals surface area contributed by atoms with Crippen molar-refractivity contribution in [1.29, 1.82) is 0 Å². The normalized spacial score (nSPS) is 24.2. The highest BCUT2D eigenvalue weighted by Crippen LogP contribution is 2.24. The fourth-order valence-electron chi connectivity index (χ4n) is 2.00. The average molecular weight is 256 g/mol. The van der Waals surface area contributed by atoms with Gasteiger partial charge in [0, 0.05) is 27.3 Å². The van der Waals surface area contributed by atoms with Crippen molar-refractivity contribution in [2.75, 3.05) is 33.0 Å². The number of nitrogens with zero attached hydrogens (tertiary/aromatic N) is 1. The molecule has 6 heteroatoms. The van der Waals surface area contributed by atoms with Crippen molar-refractivity contribution < 1.29 is 14.3 Å². The number of methoxy groups -OCH3 is 2. The van der Waals surface area contributed by atoms with Crippen LogP contribution in [0.3, 0.4) is 0 Å². The molecule has 2 rings (SSSR count). The third-order valence-corrected chi connectivity index (χ3v) is 3.92. The molecule has 0 spiro atoms. The summed E-state index contributed by atoms with van der Waals surface area (Å²) in [6.45, 7) is 1.09. The minimum Gasteiger partial charge on any atom is -0.397 e. The number of amides is 1. The fourth-order valence-corrected chi connectivity index (χ4v) is 2.78. The Morgan fingerprint density at radius 3 is 2.41 bits per heavy atom. The second-order valence-corrected chi connectivity index (χ2v) is 4.88. The molecule has 2 heterocycles. The Bertz CT molecular complexity index is 395. The first-order chi connectivity index (χ1) is 8.17. The Hall–Kier alpha value is -1.11. The first kappa shape index (κ1) is 12.3. The number of anilines is 1. The molecule has 17 heavy (non-hydrogen) atoms. The number of hydrogen-bond acceptors (Lipinski definition) is 5. The van der Waals surface area contributed by atoms with Crippen LogP contribution in [0.15, 0.2) is 11.4 Å². The van der Waals surface area contributed by atoms with Gasteiger partial charge in [-0.1, -0.05) is 0 Å². The summed E-state index contributed by atoms with van der Waals surface area (Å²) in [6, 6.07) is 1.75. The molecule has 1 amide bonds. The van der Waals surface area contributed by atoms with Gasteiger partial charge in [0.05, 0.1) is 5.69 Å². The number of nitrogens with two attached hydrogens (primary N) is 1.